The standard InChI is InChI=1S/C15H23NO3/c1-4-9-18-13-8-7-12(16-15(17)6-3)11-14(13)19-10-5-2/h7-8,11H,4-6,9-10H2,1-3H3,(H,16,17). The first-order valence-corrected chi connectivity index (χ1v) is 6.90. The lowest BCUT2D eigenvalue weighted by Crippen LogP contribution is -2.10. The van der Waals surface area contributed by atoms with Crippen molar-refractivity contribution in [2.45, 2.75) is 40.0 Å². The monoisotopic (exact) mass is 265 g/mol. The third-order valence-electron chi connectivity index (χ3n) is 2.47. The van der Waals surface area contributed by atoms with Gasteiger partial charge in [0.05, 0.1) is 13.2 Å². The van der Waals surface area contributed by atoms with E-state index in [9.17, 15) is 4.79 Å². The third kappa shape index (κ3) is 5.20. The number of hydrogen-bond acceptors (Lipinski definition) is 3. The first-order chi connectivity index (χ1) is 9.21. The maximum atomic E-state index is 11.4. The zero-order valence-electron chi connectivity index (χ0n) is 12.0. The molecule has 0 aliphatic carbocycles. The molecule has 1 amide bonds. The Balaban J connectivity index is 2.83. The topological polar surface area (TPSA) is 47.6 Å². The van der Waals surface area contributed by atoms with Gasteiger partial charge in [0, 0.05) is 18.2 Å². The molecule has 0 atom stereocenters. The smallest absolute Gasteiger partial charge is 0.224 e. The maximum Gasteiger partial charge on any atom is 0.224 e. The molecular weight excluding hydrogens is 242 g/mol. The molecule has 1 aromatic rings. The second-order valence-electron chi connectivity index (χ2n) is 4.26. The molecule has 1 aromatic carbocycles. The molecule has 4 heteroatoms. The number of carbonyl (C=O) groups is 1. The summed E-state index contributed by atoms with van der Waals surface area (Å²) in [7, 11) is 0. The highest BCUT2D eigenvalue weighted by Crippen LogP contribution is 2.31. The first kappa shape index (κ1) is 15.3. The van der Waals surface area contributed by atoms with Crippen molar-refractivity contribution >= 4 is 11.6 Å². The van der Waals surface area contributed by atoms with Crippen LogP contribution in [-0.2, 0) is 4.79 Å². The first-order valence-electron chi connectivity index (χ1n) is 6.90. The van der Waals surface area contributed by atoms with Crippen molar-refractivity contribution in [2.24, 2.45) is 0 Å². The van der Waals surface area contributed by atoms with Gasteiger partial charge in [-0.3, -0.25) is 4.79 Å². The largest absolute Gasteiger partial charge is 0.490 e. The quantitative estimate of drug-likeness (QED) is 0.781. The highest BCUT2D eigenvalue weighted by molar-refractivity contribution is 5.90. The number of benzene rings is 1. The van der Waals surface area contributed by atoms with Gasteiger partial charge in [-0.05, 0) is 25.0 Å². The zero-order chi connectivity index (χ0) is 14.1. The minimum absolute atomic E-state index is 0.0105. The van der Waals surface area contributed by atoms with Crippen LogP contribution >= 0.6 is 0 Å². The van der Waals surface area contributed by atoms with E-state index in [2.05, 4.69) is 19.2 Å². The van der Waals surface area contributed by atoms with E-state index in [4.69, 9.17) is 9.47 Å². The molecule has 106 valence electrons. The molecule has 19 heavy (non-hydrogen) atoms. The number of anilines is 1. The van der Waals surface area contributed by atoms with Crippen LogP contribution in [0, 0.1) is 0 Å². The normalized spacial score (nSPS) is 10.1. The second kappa shape index (κ2) is 8.40. The summed E-state index contributed by atoms with van der Waals surface area (Å²) in [5.74, 6) is 1.40. The van der Waals surface area contributed by atoms with Crippen molar-refractivity contribution in [3.8, 4) is 11.5 Å². The van der Waals surface area contributed by atoms with E-state index < -0.39 is 0 Å². The Morgan fingerprint density at radius 2 is 1.68 bits per heavy atom. The number of carbonyl (C=O) groups excluding carboxylic acids is 1. The Bertz CT molecular complexity index is 404. The highest BCUT2D eigenvalue weighted by atomic mass is 16.5. The van der Waals surface area contributed by atoms with Gasteiger partial charge in [-0.2, -0.15) is 0 Å². The Morgan fingerprint density at radius 3 is 2.26 bits per heavy atom. The predicted octanol–water partition coefficient (Wildman–Crippen LogP) is 3.61. The molecule has 0 spiro atoms. The van der Waals surface area contributed by atoms with E-state index in [0.29, 0.717) is 25.4 Å². The molecule has 0 saturated heterocycles. The Morgan fingerprint density at radius 1 is 1.05 bits per heavy atom. The molecule has 0 bridgehead atoms. The molecule has 0 saturated carbocycles. The van der Waals surface area contributed by atoms with Crippen LogP contribution in [0.15, 0.2) is 18.2 Å². The minimum Gasteiger partial charge on any atom is -0.490 e. The third-order valence-corrected chi connectivity index (χ3v) is 2.47. The van der Waals surface area contributed by atoms with E-state index in [-0.39, 0.29) is 5.91 Å². The van der Waals surface area contributed by atoms with Gasteiger partial charge in [-0.25, -0.2) is 0 Å². The van der Waals surface area contributed by atoms with Gasteiger partial charge in [-0.15, -0.1) is 0 Å². The van der Waals surface area contributed by atoms with Crippen molar-refractivity contribution in [3.63, 3.8) is 0 Å². The number of ether oxygens (including phenoxy) is 2. The number of rotatable bonds is 8. The van der Waals surface area contributed by atoms with E-state index in [1.165, 1.54) is 0 Å². The van der Waals surface area contributed by atoms with E-state index in [1.54, 1.807) is 0 Å². The molecule has 0 aliphatic heterocycles. The average molecular weight is 265 g/mol. The van der Waals surface area contributed by atoms with Crippen LogP contribution in [0.4, 0.5) is 5.69 Å². The van der Waals surface area contributed by atoms with Gasteiger partial charge in [0.2, 0.25) is 5.91 Å². The van der Waals surface area contributed by atoms with Crippen LogP contribution in [0.25, 0.3) is 0 Å². The summed E-state index contributed by atoms with van der Waals surface area (Å²) in [6.07, 6.45) is 2.33. The number of nitrogens with one attached hydrogen (secondary N) is 1. The molecule has 1 rings (SSSR count). The fourth-order valence-electron chi connectivity index (χ4n) is 1.49. The minimum atomic E-state index is -0.0105. The average Bonchev–Trinajstić information content (AvgIpc) is 2.43. The van der Waals surface area contributed by atoms with Crippen LogP contribution in [0.1, 0.15) is 40.0 Å². The molecule has 0 aliphatic rings. The summed E-state index contributed by atoms with van der Waals surface area (Å²) in [6.45, 7) is 7.22. The number of amides is 1. The zero-order valence-corrected chi connectivity index (χ0v) is 12.0. The van der Waals surface area contributed by atoms with E-state index in [1.807, 2.05) is 25.1 Å². The lowest BCUT2D eigenvalue weighted by Gasteiger charge is -2.13. The van der Waals surface area contributed by atoms with Crippen LogP contribution in [0.2, 0.25) is 0 Å². The van der Waals surface area contributed by atoms with E-state index in [0.717, 1.165) is 24.3 Å². The van der Waals surface area contributed by atoms with Crippen molar-refractivity contribution in [2.75, 3.05) is 18.5 Å². The van der Waals surface area contributed by atoms with Crippen LogP contribution < -0.4 is 14.8 Å². The van der Waals surface area contributed by atoms with Crippen molar-refractivity contribution in [1.82, 2.24) is 0 Å². The fourth-order valence-corrected chi connectivity index (χ4v) is 1.49. The second-order valence-corrected chi connectivity index (χ2v) is 4.26. The van der Waals surface area contributed by atoms with Gasteiger partial charge < -0.3 is 14.8 Å². The summed E-state index contributed by atoms with van der Waals surface area (Å²) in [5.41, 5.74) is 0.738. The predicted molar refractivity (Wildman–Crippen MR) is 76.9 cm³/mol. The summed E-state index contributed by atoms with van der Waals surface area (Å²) < 4.78 is 11.3. The van der Waals surface area contributed by atoms with Crippen molar-refractivity contribution in [3.05, 3.63) is 18.2 Å². The maximum absolute atomic E-state index is 11.4. The van der Waals surface area contributed by atoms with Gasteiger partial charge in [0.1, 0.15) is 0 Å². The fraction of sp³-hybridized carbons (Fsp3) is 0.533. The molecule has 0 unspecified atom stereocenters. The van der Waals surface area contributed by atoms with Crippen molar-refractivity contribution in [1.29, 1.82) is 0 Å². The highest BCUT2D eigenvalue weighted by Gasteiger charge is 2.08. The summed E-state index contributed by atoms with van der Waals surface area (Å²) in [6, 6.07) is 5.48. The SMILES string of the molecule is CCCOc1ccc(NC(=O)CC)cc1OCCC. The molecule has 4 nitrogen and oxygen atoms in total. The summed E-state index contributed by atoms with van der Waals surface area (Å²) in [4.78, 5) is 11.4. The molecule has 0 fully saturated rings. The number of hydrogen-bond donors (Lipinski definition) is 1. The van der Waals surface area contributed by atoms with Gasteiger partial charge in [0.15, 0.2) is 11.5 Å². The van der Waals surface area contributed by atoms with Gasteiger partial charge in [-0.1, -0.05) is 20.8 Å². The van der Waals surface area contributed by atoms with Gasteiger partial charge >= 0.3 is 0 Å². The lowest BCUT2D eigenvalue weighted by molar-refractivity contribution is -0.115. The summed E-state index contributed by atoms with van der Waals surface area (Å²) >= 11 is 0. The van der Waals surface area contributed by atoms with Gasteiger partial charge in [0.25, 0.3) is 0 Å². The van der Waals surface area contributed by atoms with Crippen molar-refractivity contribution < 1.29 is 14.3 Å². The van der Waals surface area contributed by atoms with Crippen LogP contribution in [-0.4, -0.2) is 19.1 Å². The Labute approximate surface area is 115 Å². The van der Waals surface area contributed by atoms with E-state index >= 15 is 0 Å². The van der Waals surface area contributed by atoms with Crippen LogP contribution in [0.5, 0.6) is 11.5 Å². The summed E-state index contributed by atoms with van der Waals surface area (Å²) in [5, 5.41) is 2.82. The Hall–Kier alpha value is -1.71. The molecular formula is C15H23NO3. The molecule has 0 heterocycles. The Kier molecular flexibility index (Phi) is 6.79. The van der Waals surface area contributed by atoms with Crippen LogP contribution in [0.3, 0.4) is 0 Å². The molecule has 0 radical (unpaired) electrons. The lowest BCUT2D eigenvalue weighted by atomic mass is 10.2. The molecule has 0 aromatic heterocycles. The molecule has 1 N–H and O–H groups in total.